The second-order valence-corrected chi connectivity index (χ2v) is 6.74. The number of benzene rings is 2. The van der Waals surface area contributed by atoms with E-state index in [9.17, 15) is 9.59 Å². The van der Waals surface area contributed by atoms with Gasteiger partial charge in [-0.05, 0) is 56.9 Å². The predicted octanol–water partition coefficient (Wildman–Crippen LogP) is 3.40. The van der Waals surface area contributed by atoms with E-state index in [0.717, 1.165) is 29.7 Å². The Bertz CT molecular complexity index is 813. The Balaban J connectivity index is 1.74. The monoisotopic (exact) mass is 336 g/mol. The van der Waals surface area contributed by atoms with Gasteiger partial charge in [0.05, 0.1) is 0 Å². The van der Waals surface area contributed by atoms with Gasteiger partial charge in [-0.3, -0.25) is 9.59 Å². The maximum Gasteiger partial charge on any atom is 0.252 e. The first-order valence-electron chi connectivity index (χ1n) is 8.75. The molecule has 0 saturated heterocycles. The Labute approximate surface area is 148 Å². The van der Waals surface area contributed by atoms with Crippen LogP contribution < -0.4 is 10.2 Å². The summed E-state index contributed by atoms with van der Waals surface area (Å²) < 4.78 is 0. The van der Waals surface area contributed by atoms with Crippen molar-refractivity contribution >= 4 is 17.5 Å². The SMILES string of the molecule is Cc1ccc(C(=O)NC(C)C(=O)N2CCCc3ccccc32)c(C)c1. The molecule has 4 heteroatoms. The Kier molecular flexibility index (Phi) is 4.88. The lowest BCUT2D eigenvalue weighted by Gasteiger charge is -2.31. The molecule has 1 aliphatic heterocycles. The molecule has 1 unspecified atom stereocenters. The first-order valence-corrected chi connectivity index (χ1v) is 8.75. The van der Waals surface area contributed by atoms with Gasteiger partial charge in [0.25, 0.3) is 5.91 Å². The fraction of sp³-hybridized carbons (Fsp3) is 0.333. The van der Waals surface area contributed by atoms with Crippen molar-refractivity contribution in [3.8, 4) is 0 Å². The van der Waals surface area contributed by atoms with E-state index in [0.29, 0.717) is 12.1 Å². The molecule has 3 rings (SSSR count). The topological polar surface area (TPSA) is 49.4 Å². The first kappa shape index (κ1) is 17.2. The summed E-state index contributed by atoms with van der Waals surface area (Å²) in [6.45, 7) is 6.35. The molecule has 0 fully saturated rings. The van der Waals surface area contributed by atoms with E-state index in [2.05, 4.69) is 11.4 Å². The van der Waals surface area contributed by atoms with Crippen molar-refractivity contribution in [2.24, 2.45) is 0 Å². The van der Waals surface area contributed by atoms with E-state index in [1.54, 1.807) is 11.8 Å². The lowest BCUT2D eigenvalue weighted by atomic mass is 10.0. The highest BCUT2D eigenvalue weighted by Crippen LogP contribution is 2.27. The number of amides is 2. The largest absolute Gasteiger partial charge is 0.340 e. The third kappa shape index (κ3) is 3.58. The molecule has 4 nitrogen and oxygen atoms in total. The Morgan fingerprint density at radius 3 is 2.64 bits per heavy atom. The molecule has 1 atom stereocenters. The van der Waals surface area contributed by atoms with Crippen LogP contribution in [0.2, 0.25) is 0 Å². The third-order valence-corrected chi connectivity index (χ3v) is 4.72. The van der Waals surface area contributed by atoms with Gasteiger partial charge in [0.2, 0.25) is 5.91 Å². The van der Waals surface area contributed by atoms with Crippen LogP contribution in [0.4, 0.5) is 5.69 Å². The quantitative estimate of drug-likeness (QED) is 0.934. The third-order valence-electron chi connectivity index (χ3n) is 4.72. The number of aryl methyl sites for hydroxylation is 3. The molecule has 0 aliphatic carbocycles. The van der Waals surface area contributed by atoms with Crippen molar-refractivity contribution in [3.63, 3.8) is 0 Å². The average Bonchev–Trinajstić information content (AvgIpc) is 2.60. The normalized spacial score (nSPS) is 14.6. The highest BCUT2D eigenvalue weighted by molar-refractivity contribution is 6.03. The number of fused-ring (bicyclic) bond motifs is 1. The van der Waals surface area contributed by atoms with Crippen LogP contribution in [-0.4, -0.2) is 24.4 Å². The number of hydrogen-bond acceptors (Lipinski definition) is 2. The number of hydrogen-bond donors (Lipinski definition) is 1. The van der Waals surface area contributed by atoms with Crippen molar-refractivity contribution in [3.05, 3.63) is 64.7 Å². The van der Waals surface area contributed by atoms with Crippen LogP contribution in [0.15, 0.2) is 42.5 Å². The molecule has 1 heterocycles. The van der Waals surface area contributed by atoms with E-state index >= 15 is 0 Å². The summed E-state index contributed by atoms with van der Waals surface area (Å²) in [5.41, 5.74) is 4.80. The van der Waals surface area contributed by atoms with Gasteiger partial charge in [-0.15, -0.1) is 0 Å². The van der Waals surface area contributed by atoms with Gasteiger partial charge in [-0.25, -0.2) is 0 Å². The van der Waals surface area contributed by atoms with Gasteiger partial charge in [0.1, 0.15) is 6.04 Å². The maximum absolute atomic E-state index is 12.9. The standard InChI is InChI=1S/C21H24N2O2/c1-14-10-11-18(15(2)13-14)20(24)22-16(3)21(25)23-12-6-8-17-7-4-5-9-19(17)23/h4-5,7,9-11,13,16H,6,8,12H2,1-3H3,(H,22,24). The van der Waals surface area contributed by atoms with Crippen molar-refractivity contribution < 1.29 is 9.59 Å². The van der Waals surface area contributed by atoms with Gasteiger partial charge in [0.15, 0.2) is 0 Å². The predicted molar refractivity (Wildman–Crippen MR) is 100.0 cm³/mol. The summed E-state index contributed by atoms with van der Waals surface area (Å²) in [4.78, 5) is 27.2. The van der Waals surface area contributed by atoms with Crippen LogP contribution in [0.1, 0.15) is 40.4 Å². The fourth-order valence-electron chi connectivity index (χ4n) is 3.40. The number of nitrogens with one attached hydrogen (secondary N) is 1. The Hall–Kier alpha value is -2.62. The molecule has 1 aliphatic rings. The zero-order valence-electron chi connectivity index (χ0n) is 15.0. The molecule has 2 amide bonds. The smallest absolute Gasteiger partial charge is 0.252 e. The van der Waals surface area contributed by atoms with Crippen LogP contribution in [0.3, 0.4) is 0 Å². The molecule has 130 valence electrons. The van der Waals surface area contributed by atoms with Crippen molar-refractivity contribution in [1.29, 1.82) is 0 Å². The van der Waals surface area contributed by atoms with Crippen molar-refractivity contribution in [2.75, 3.05) is 11.4 Å². The average molecular weight is 336 g/mol. The van der Waals surface area contributed by atoms with Gasteiger partial charge in [0, 0.05) is 17.8 Å². The molecule has 2 aromatic rings. The molecule has 0 bridgehead atoms. The minimum Gasteiger partial charge on any atom is -0.340 e. The lowest BCUT2D eigenvalue weighted by Crippen LogP contribution is -2.48. The Morgan fingerprint density at radius 1 is 1.12 bits per heavy atom. The molecule has 0 saturated carbocycles. The van der Waals surface area contributed by atoms with Gasteiger partial charge in [-0.2, -0.15) is 0 Å². The number of anilines is 1. The lowest BCUT2D eigenvalue weighted by molar-refractivity contribution is -0.120. The van der Waals surface area contributed by atoms with E-state index in [-0.39, 0.29) is 11.8 Å². The summed E-state index contributed by atoms with van der Waals surface area (Å²) in [6, 6.07) is 13.1. The molecular formula is C21H24N2O2. The number of carbonyl (C=O) groups is 2. The highest BCUT2D eigenvalue weighted by Gasteiger charge is 2.27. The number of carbonyl (C=O) groups excluding carboxylic acids is 2. The summed E-state index contributed by atoms with van der Waals surface area (Å²) in [7, 11) is 0. The van der Waals surface area contributed by atoms with Crippen LogP contribution >= 0.6 is 0 Å². The van der Waals surface area contributed by atoms with E-state index in [4.69, 9.17) is 0 Å². The first-order chi connectivity index (χ1) is 12.0. The molecule has 0 aromatic heterocycles. The second kappa shape index (κ2) is 7.09. The van der Waals surface area contributed by atoms with Crippen LogP contribution in [0, 0.1) is 13.8 Å². The van der Waals surface area contributed by atoms with Crippen LogP contribution in [0.25, 0.3) is 0 Å². The zero-order valence-corrected chi connectivity index (χ0v) is 15.0. The highest BCUT2D eigenvalue weighted by atomic mass is 16.2. The number of para-hydroxylation sites is 1. The molecular weight excluding hydrogens is 312 g/mol. The second-order valence-electron chi connectivity index (χ2n) is 6.74. The van der Waals surface area contributed by atoms with Crippen LogP contribution in [-0.2, 0) is 11.2 Å². The zero-order chi connectivity index (χ0) is 18.0. The summed E-state index contributed by atoms with van der Waals surface area (Å²) >= 11 is 0. The van der Waals surface area contributed by atoms with E-state index in [1.807, 2.05) is 50.2 Å². The summed E-state index contributed by atoms with van der Waals surface area (Å²) in [6.07, 6.45) is 1.93. The van der Waals surface area contributed by atoms with E-state index in [1.165, 1.54) is 5.56 Å². The Morgan fingerprint density at radius 2 is 1.88 bits per heavy atom. The number of rotatable bonds is 3. The van der Waals surface area contributed by atoms with E-state index < -0.39 is 6.04 Å². The fourth-order valence-corrected chi connectivity index (χ4v) is 3.40. The summed E-state index contributed by atoms with van der Waals surface area (Å²) in [5.74, 6) is -0.270. The minimum absolute atomic E-state index is 0.0646. The molecule has 25 heavy (non-hydrogen) atoms. The maximum atomic E-state index is 12.9. The summed E-state index contributed by atoms with van der Waals surface area (Å²) in [5, 5.41) is 2.85. The van der Waals surface area contributed by atoms with Gasteiger partial charge >= 0.3 is 0 Å². The van der Waals surface area contributed by atoms with Crippen LogP contribution in [0.5, 0.6) is 0 Å². The van der Waals surface area contributed by atoms with Gasteiger partial charge < -0.3 is 10.2 Å². The molecule has 1 N–H and O–H groups in total. The molecule has 0 radical (unpaired) electrons. The van der Waals surface area contributed by atoms with Crippen molar-refractivity contribution in [1.82, 2.24) is 5.32 Å². The molecule has 0 spiro atoms. The number of nitrogens with zero attached hydrogens (tertiary/aromatic N) is 1. The minimum atomic E-state index is -0.570. The molecule has 2 aromatic carbocycles. The van der Waals surface area contributed by atoms with Crippen molar-refractivity contribution in [2.45, 2.75) is 39.7 Å². The van der Waals surface area contributed by atoms with Gasteiger partial charge in [-0.1, -0.05) is 35.9 Å².